The molecule has 1 aromatic carbocycles. The minimum Gasteiger partial charge on any atom is -0.0573 e. The van der Waals surface area contributed by atoms with Gasteiger partial charge in [-0.05, 0) is 73.7 Å². The van der Waals surface area contributed by atoms with E-state index >= 15 is 0 Å². The zero-order chi connectivity index (χ0) is 12.2. The number of halogens is 2. The van der Waals surface area contributed by atoms with Crippen LogP contribution in [0.3, 0.4) is 0 Å². The maximum atomic E-state index is 3.65. The Morgan fingerprint density at radius 1 is 1.29 bits per heavy atom. The summed E-state index contributed by atoms with van der Waals surface area (Å²) < 4.78 is 2.66. The lowest BCUT2D eigenvalue weighted by Crippen LogP contribution is -2.24. The molecule has 0 unspecified atom stereocenters. The fraction of sp³-hybridized carbons (Fsp3) is 0.333. The lowest BCUT2D eigenvalue weighted by Gasteiger charge is -2.30. The van der Waals surface area contributed by atoms with Gasteiger partial charge in [0.25, 0.3) is 0 Å². The van der Waals surface area contributed by atoms with E-state index in [0.29, 0.717) is 5.92 Å². The summed E-state index contributed by atoms with van der Waals surface area (Å²) >= 11 is 6.06. The summed E-state index contributed by atoms with van der Waals surface area (Å²) in [5.74, 6) is 0.620. The molecule has 3 rings (SSSR count). The number of hydrogen-bond donors (Lipinski definition) is 0. The molecule has 0 aliphatic heterocycles. The Morgan fingerprint density at radius 3 is 2.82 bits per heavy atom. The van der Waals surface area contributed by atoms with E-state index in [4.69, 9.17) is 0 Å². The van der Waals surface area contributed by atoms with Gasteiger partial charge in [-0.2, -0.15) is 0 Å². The van der Waals surface area contributed by atoms with Crippen molar-refractivity contribution < 1.29 is 0 Å². The number of rotatable bonds is 0. The van der Waals surface area contributed by atoms with Crippen LogP contribution in [0.15, 0.2) is 34.8 Å². The van der Waals surface area contributed by atoms with Crippen molar-refractivity contribution in [3.63, 3.8) is 0 Å². The Morgan fingerprint density at radius 2 is 2.06 bits per heavy atom. The summed E-state index contributed by atoms with van der Waals surface area (Å²) in [6.07, 6.45) is 5.62. The fourth-order valence-electron chi connectivity index (χ4n) is 3.08. The Hall–Kier alpha value is -0.0900. The largest absolute Gasteiger partial charge is 0.0573 e. The standard InChI is InChI=1S/C15H14BrI/c1-15(2)13-7-9(16)3-5-11(13)12-6-4-10(17)8-14(12)15/h3-6,8,13H,7H2,1-2H3/t13-/m1/s1. The van der Waals surface area contributed by atoms with Gasteiger partial charge in [0, 0.05) is 3.57 Å². The van der Waals surface area contributed by atoms with Crippen LogP contribution in [0.5, 0.6) is 0 Å². The van der Waals surface area contributed by atoms with Crippen LogP contribution in [0.4, 0.5) is 0 Å². The van der Waals surface area contributed by atoms with Gasteiger partial charge in [0.15, 0.2) is 0 Å². The lowest BCUT2D eigenvalue weighted by molar-refractivity contribution is 0.413. The molecule has 0 N–H and O–H groups in total. The lowest BCUT2D eigenvalue weighted by atomic mass is 9.75. The third-order valence-electron chi connectivity index (χ3n) is 4.08. The first-order chi connectivity index (χ1) is 8.00. The molecule has 0 saturated heterocycles. The Kier molecular flexibility index (Phi) is 2.78. The highest BCUT2D eigenvalue weighted by Gasteiger charge is 2.43. The quantitative estimate of drug-likeness (QED) is 0.520. The summed E-state index contributed by atoms with van der Waals surface area (Å²) in [4.78, 5) is 0. The Labute approximate surface area is 124 Å². The molecule has 1 aromatic rings. The van der Waals surface area contributed by atoms with Gasteiger partial charge >= 0.3 is 0 Å². The van der Waals surface area contributed by atoms with Crippen molar-refractivity contribution in [3.8, 4) is 0 Å². The average molecular weight is 401 g/mol. The highest BCUT2D eigenvalue weighted by Crippen LogP contribution is 2.54. The van der Waals surface area contributed by atoms with Crippen molar-refractivity contribution in [2.75, 3.05) is 0 Å². The van der Waals surface area contributed by atoms with E-state index in [0.717, 1.165) is 6.42 Å². The topological polar surface area (TPSA) is 0 Å². The molecule has 0 fully saturated rings. The van der Waals surface area contributed by atoms with Crippen LogP contribution in [0.2, 0.25) is 0 Å². The van der Waals surface area contributed by atoms with Crippen LogP contribution >= 0.6 is 38.5 Å². The molecule has 2 aliphatic rings. The monoisotopic (exact) mass is 400 g/mol. The molecule has 0 saturated carbocycles. The van der Waals surface area contributed by atoms with E-state index in [-0.39, 0.29) is 5.41 Å². The first kappa shape index (κ1) is 12.0. The number of hydrogen-bond acceptors (Lipinski definition) is 0. The summed E-state index contributed by atoms with van der Waals surface area (Å²) in [6.45, 7) is 4.75. The van der Waals surface area contributed by atoms with Gasteiger partial charge in [0.1, 0.15) is 0 Å². The third kappa shape index (κ3) is 1.75. The summed E-state index contributed by atoms with van der Waals surface area (Å²) in [5.41, 5.74) is 4.73. The molecule has 2 aliphatic carbocycles. The predicted molar refractivity (Wildman–Crippen MR) is 85.3 cm³/mol. The second-order valence-corrected chi connectivity index (χ2v) is 7.67. The van der Waals surface area contributed by atoms with Crippen molar-refractivity contribution in [2.24, 2.45) is 5.92 Å². The van der Waals surface area contributed by atoms with Crippen molar-refractivity contribution in [1.82, 2.24) is 0 Å². The second kappa shape index (κ2) is 3.95. The molecule has 0 nitrogen and oxygen atoms in total. The van der Waals surface area contributed by atoms with Crippen LogP contribution in [0.25, 0.3) is 5.57 Å². The van der Waals surface area contributed by atoms with E-state index in [1.54, 1.807) is 0 Å². The maximum absolute atomic E-state index is 3.65. The molecular formula is C15H14BrI. The normalized spacial score (nSPS) is 24.8. The maximum Gasteiger partial charge on any atom is 0.0133 e. The van der Waals surface area contributed by atoms with Crippen molar-refractivity contribution in [1.29, 1.82) is 0 Å². The van der Waals surface area contributed by atoms with Gasteiger partial charge in [-0.15, -0.1) is 0 Å². The molecular weight excluding hydrogens is 387 g/mol. The summed E-state index contributed by atoms with van der Waals surface area (Å²) in [7, 11) is 0. The molecule has 0 aromatic heterocycles. The zero-order valence-electron chi connectivity index (χ0n) is 9.93. The van der Waals surface area contributed by atoms with E-state index in [1.807, 2.05) is 0 Å². The first-order valence-electron chi connectivity index (χ1n) is 5.87. The Balaban J connectivity index is 2.24. The minimum absolute atomic E-state index is 0.246. The molecule has 2 heteroatoms. The highest BCUT2D eigenvalue weighted by atomic mass is 127. The van der Waals surface area contributed by atoms with Gasteiger partial charge in [0.05, 0.1) is 0 Å². The van der Waals surface area contributed by atoms with E-state index in [2.05, 4.69) is 82.7 Å². The van der Waals surface area contributed by atoms with Crippen LogP contribution < -0.4 is 0 Å². The average Bonchev–Trinajstić information content (AvgIpc) is 2.49. The van der Waals surface area contributed by atoms with Gasteiger partial charge in [-0.25, -0.2) is 0 Å². The second-order valence-electron chi connectivity index (χ2n) is 5.40. The fourth-order valence-corrected chi connectivity index (χ4v) is 4.03. The molecule has 1 atom stereocenters. The van der Waals surface area contributed by atoms with Gasteiger partial charge in [-0.3, -0.25) is 0 Å². The smallest absolute Gasteiger partial charge is 0.0133 e. The molecule has 0 bridgehead atoms. The van der Waals surface area contributed by atoms with E-state index in [9.17, 15) is 0 Å². The minimum atomic E-state index is 0.246. The third-order valence-corrected chi connectivity index (χ3v) is 5.34. The van der Waals surface area contributed by atoms with Crippen LogP contribution in [0, 0.1) is 9.49 Å². The highest BCUT2D eigenvalue weighted by molar-refractivity contribution is 14.1. The van der Waals surface area contributed by atoms with Gasteiger partial charge in [0.2, 0.25) is 0 Å². The zero-order valence-corrected chi connectivity index (χ0v) is 13.7. The number of fused-ring (bicyclic) bond motifs is 3. The summed E-state index contributed by atoms with van der Waals surface area (Å²) in [5, 5.41) is 0. The molecule has 17 heavy (non-hydrogen) atoms. The Bertz CT molecular complexity index is 552. The molecule has 0 heterocycles. The van der Waals surface area contributed by atoms with Crippen LogP contribution in [-0.2, 0) is 5.41 Å². The predicted octanol–water partition coefficient (Wildman–Crippen LogP) is 5.26. The van der Waals surface area contributed by atoms with Crippen LogP contribution in [-0.4, -0.2) is 0 Å². The summed E-state index contributed by atoms with van der Waals surface area (Å²) in [6, 6.07) is 6.85. The molecule has 88 valence electrons. The van der Waals surface area contributed by atoms with Crippen LogP contribution in [0.1, 0.15) is 31.4 Å². The van der Waals surface area contributed by atoms with Gasteiger partial charge in [-0.1, -0.05) is 48.0 Å². The molecule has 0 radical (unpaired) electrons. The van der Waals surface area contributed by atoms with E-state index < -0.39 is 0 Å². The van der Waals surface area contributed by atoms with Gasteiger partial charge < -0.3 is 0 Å². The van der Waals surface area contributed by atoms with E-state index in [1.165, 1.54) is 24.8 Å². The van der Waals surface area contributed by atoms with Crippen molar-refractivity contribution in [3.05, 3.63) is 49.5 Å². The van der Waals surface area contributed by atoms with Crippen molar-refractivity contribution >= 4 is 44.1 Å². The molecule has 0 spiro atoms. The van der Waals surface area contributed by atoms with Crippen molar-refractivity contribution in [2.45, 2.75) is 25.7 Å². The SMILES string of the molecule is CC1(C)c2cc(I)ccc2C2=CC=C(Br)C[C@H]21. The molecule has 0 amide bonds. The number of allylic oxidation sites excluding steroid dienone is 4. The first-order valence-corrected chi connectivity index (χ1v) is 7.74. The number of benzene rings is 1.